The molecule has 2 amide bonds. The Hall–Kier alpha value is -2.15. The van der Waals surface area contributed by atoms with Crippen LogP contribution in [0.25, 0.3) is 0 Å². The number of benzene rings is 2. The molecule has 34 heavy (non-hydrogen) atoms. The summed E-state index contributed by atoms with van der Waals surface area (Å²) in [5.74, 6) is 2.13. The van der Waals surface area contributed by atoms with E-state index in [9.17, 15) is 9.59 Å². The number of amides is 2. The van der Waals surface area contributed by atoms with Gasteiger partial charge >= 0.3 is 0 Å². The molecule has 0 aromatic heterocycles. The topological polar surface area (TPSA) is 70.2 Å². The van der Waals surface area contributed by atoms with E-state index in [0.29, 0.717) is 27.8 Å². The van der Waals surface area contributed by atoms with Crippen LogP contribution in [-0.2, 0) is 4.79 Å². The third-order valence-electron chi connectivity index (χ3n) is 7.53. The van der Waals surface area contributed by atoms with Gasteiger partial charge in [-0.3, -0.25) is 9.59 Å². The van der Waals surface area contributed by atoms with Gasteiger partial charge in [0.05, 0.1) is 10.6 Å². The SMILES string of the molecule is O=C(CC12CC3CC(CC(C3)C1)C2)NC(=S)Nc1ccc(NC(=O)c2ccc(Cl)cc2Cl)cc1. The molecule has 0 unspecified atom stereocenters. The highest BCUT2D eigenvalue weighted by Crippen LogP contribution is 2.61. The van der Waals surface area contributed by atoms with Crippen LogP contribution in [0.2, 0.25) is 10.0 Å². The standard InChI is InChI=1S/C26H27Cl2N3O2S/c27-18-1-6-21(22(28)10-18)24(33)29-19-2-4-20(5-3-19)30-25(34)31-23(32)14-26-11-15-7-16(12-26)9-17(8-15)13-26/h1-6,10,15-17H,7-9,11-14H2,(H,29,33)(H2,30,31,32,34). The number of halogens is 2. The first-order valence-electron chi connectivity index (χ1n) is 11.7. The van der Waals surface area contributed by atoms with Crippen molar-refractivity contribution in [3.05, 3.63) is 58.1 Å². The molecule has 4 aliphatic rings. The maximum absolute atomic E-state index is 12.8. The minimum atomic E-state index is -0.324. The fraction of sp³-hybridized carbons (Fsp3) is 0.423. The predicted molar refractivity (Wildman–Crippen MR) is 140 cm³/mol. The summed E-state index contributed by atoms with van der Waals surface area (Å²) in [5.41, 5.74) is 1.86. The van der Waals surface area contributed by atoms with Crippen LogP contribution in [0.3, 0.4) is 0 Å². The summed E-state index contributed by atoms with van der Waals surface area (Å²) in [6.07, 6.45) is 8.25. The Kier molecular flexibility index (Phi) is 6.58. The number of thiocarbonyl (C=S) groups is 1. The van der Waals surface area contributed by atoms with Gasteiger partial charge in [-0.2, -0.15) is 0 Å². The van der Waals surface area contributed by atoms with Crippen LogP contribution < -0.4 is 16.0 Å². The van der Waals surface area contributed by atoms with Gasteiger partial charge in [0.25, 0.3) is 5.91 Å². The Morgan fingerprint density at radius 1 is 0.882 bits per heavy atom. The molecule has 4 aliphatic carbocycles. The Morgan fingerprint density at radius 2 is 1.44 bits per heavy atom. The summed E-state index contributed by atoms with van der Waals surface area (Å²) in [4.78, 5) is 25.3. The molecule has 2 aromatic rings. The maximum atomic E-state index is 12.8. The Morgan fingerprint density at radius 3 is 2.00 bits per heavy atom. The highest BCUT2D eigenvalue weighted by molar-refractivity contribution is 7.80. The number of anilines is 2. The average molecular weight is 516 g/mol. The molecule has 0 spiro atoms. The van der Waals surface area contributed by atoms with Crippen molar-refractivity contribution in [1.29, 1.82) is 0 Å². The molecule has 3 N–H and O–H groups in total. The third kappa shape index (κ3) is 5.24. The zero-order valence-corrected chi connectivity index (χ0v) is 21.0. The van der Waals surface area contributed by atoms with E-state index < -0.39 is 0 Å². The molecule has 0 radical (unpaired) electrons. The van der Waals surface area contributed by atoms with Gasteiger partial charge in [0, 0.05) is 22.8 Å². The second-order valence-corrected chi connectivity index (χ2v) is 11.5. The number of nitrogens with one attached hydrogen (secondary N) is 3. The Balaban J connectivity index is 1.13. The van der Waals surface area contributed by atoms with Gasteiger partial charge in [-0.1, -0.05) is 23.2 Å². The van der Waals surface area contributed by atoms with Crippen LogP contribution in [0.5, 0.6) is 0 Å². The monoisotopic (exact) mass is 515 g/mol. The number of hydrogen-bond acceptors (Lipinski definition) is 3. The number of rotatable bonds is 5. The van der Waals surface area contributed by atoms with E-state index >= 15 is 0 Å². The smallest absolute Gasteiger partial charge is 0.257 e. The minimum absolute atomic E-state index is 0.00294. The van der Waals surface area contributed by atoms with Gasteiger partial charge < -0.3 is 16.0 Å². The molecule has 178 valence electrons. The summed E-state index contributed by atoms with van der Waals surface area (Å²) < 4.78 is 0. The second kappa shape index (κ2) is 9.48. The first-order chi connectivity index (χ1) is 16.3. The summed E-state index contributed by atoms with van der Waals surface area (Å²) in [7, 11) is 0. The normalized spacial score (nSPS) is 26.7. The van der Waals surface area contributed by atoms with Crippen molar-refractivity contribution >= 4 is 63.7 Å². The zero-order valence-electron chi connectivity index (χ0n) is 18.7. The predicted octanol–water partition coefficient (Wildman–Crippen LogP) is 6.67. The highest BCUT2D eigenvalue weighted by Gasteiger charge is 2.51. The van der Waals surface area contributed by atoms with Crippen molar-refractivity contribution in [2.75, 3.05) is 10.6 Å². The third-order valence-corrected chi connectivity index (χ3v) is 8.28. The lowest BCUT2D eigenvalue weighted by Crippen LogP contribution is -2.48. The fourth-order valence-electron chi connectivity index (χ4n) is 6.69. The molecule has 4 saturated carbocycles. The molecule has 6 rings (SSSR count). The Bertz CT molecular complexity index is 1100. The molecule has 4 bridgehead atoms. The average Bonchev–Trinajstić information content (AvgIpc) is 2.73. The number of carbonyl (C=O) groups excluding carboxylic acids is 2. The summed E-state index contributed by atoms with van der Waals surface area (Å²) in [5, 5.41) is 9.79. The van der Waals surface area contributed by atoms with Gasteiger partial charge in [0.2, 0.25) is 5.91 Å². The summed E-state index contributed by atoms with van der Waals surface area (Å²) >= 11 is 17.4. The quantitative estimate of drug-likeness (QED) is 0.389. The van der Waals surface area contributed by atoms with Crippen molar-refractivity contribution in [2.45, 2.75) is 44.9 Å². The van der Waals surface area contributed by atoms with Gasteiger partial charge in [-0.05, 0) is 116 Å². The largest absolute Gasteiger partial charge is 0.332 e. The first-order valence-corrected chi connectivity index (χ1v) is 12.9. The molecular weight excluding hydrogens is 489 g/mol. The van der Waals surface area contributed by atoms with Crippen LogP contribution in [0.4, 0.5) is 11.4 Å². The van der Waals surface area contributed by atoms with Gasteiger partial charge in [0.1, 0.15) is 0 Å². The van der Waals surface area contributed by atoms with Crippen molar-refractivity contribution in [1.82, 2.24) is 5.32 Å². The molecular formula is C26H27Cl2N3O2S. The van der Waals surface area contributed by atoms with Crippen molar-refractivity contribution in [2.24, 2.45) is 23.2 Å². The van der Waals surface area contributed by atoms with Crippen molar-refractivity contribution < 1.29 is 9.59 Å². The van der Waals surface area contributed by atoms with Crippen molar-refractivity contribution in [3.63, 3.8) is 0 Å². The van der Waals surface area contributed by atoms with Crippen LogP contribution in [-0.4, -0.2) is 16.9 Å². The molecule has 2 aromatic carbocycles. The lowest BCUT2D eigenvalue weighted by atomic mass is 9.49. The van der Waals surface area contributed by atoms with E-state index in [1.165, 1.54) is 44.6 Å². The lowest BCUT2D eigenvalue weighted by molar-refractivity contribution is -0.127. The van der Waals surface area contributed by atoms with Crippen LogP contribution >= 0.6 is 35.4 Å². The fourth-order valence-corrected chi connectivity index (χ4v) is 7.42. The van der Waals surface area contributed by atoms with Gasteiger partial charge in [-0.25, -0.2) is 0 Å². The van der Waals surface area contributed by atoms with Crippen LogP contribution in [0, 0.1) is 23.2 Å². The molecule has 4 fully saturated rings. The molecule has 0 saturated heterocycles. The van der Waals surface area contributed by atoms with E-state index in [4.69, 9.17) is 35.4 Å². The van der Waals surface area contributed by atoms with E-state index in [0.717, 1.165) is 23.4 Å². The van der Waals surface area contributed by atoms with E-state index in [-0.39, 0.29) is 22.3 Å². The van der Waals surface area contributed by atoms with Gasteiger partial charge in [0.15, 0.2) is 5.11 Å². The van der Waals surface area contributed by atoms with E-state index in [1.54, 1.807) is 36.4 Å². The lowest BCUT2D eigenvalue weighted by Gasteiger charge is -2.56. The highest BCUT2D eigenvalue weighted by atomic mass is 35.5. The molecule has 8 heteroatoms. The van der Waals surface area contributed by atoms with Crippen molar-refractivity contribution in [3.8, 4) is 0 Å². The van der Waals surface area contributed by atoms with Crippen LogP contribution in [0.15, 0.2) is 42.5 Å². The summed E-state index contributed by atoms with van der Waals surface area (Å²) in [6, 6.07) is 11.8. The molecule has 0 heterocycles. The first kappa shape index (κ1) is 23.6. The Labute approximate surface area is 215 Å². The molecule has 0 atom stereocenters. The number of hydrogen-bond donors (Lipinski definition) is 3. The van der Waals surface area contributed by atoms with Gasteiger partial charge in [-0.15, -0.1) is 0 Å². The minimum Gasteiger partial charge on any atom is -0.332 e. The number of carbonyl (C=O) groups is 2. The zero-order chi connectivity index (χ0) is 23.9. The van der Waals surface area contributed by atoms with E-state index in [1.807, 2.05) is 0 Å². The maximum Gasteiger partial charge on any atom is 0.257 e. The molecule has 0 aliphatic heterocycles. The van der Waals surface area contributed by atoms with E-state index in [2.05, 4.69) is 16.0 Å². The molecule has 5 nitrogen and oxygen atoms in total. The second-order valence-electron chi connectivity index (χ2n) is 10.3. The summed E-state index contributed by atoms with van der Waals surface area (Å²) in [6.45, 7) is 0. The van der Waals surface area contributed by atoms with Crippen LogP contribution in [0.1, 0.15) is 55.3 Å².